The average molecular weight is 338 g/mol. The zero-order chi connectivity index (χ0) is 17.6. The molecule has 2 amide bonds. The molecule has 0 bridgehead atoms. The topological polar surface area (TPSA) is 57.3 Å². The highest BCUT2D eigenvalue weighted by Gasteiger charge is 2.33. The van der Waals surface area contributed by atoms with Gasteiger partial charge in [-0.05, 0) is 38.1 Å². The number of urea groups is 1. The van der Waals surface area contributed by atoms with Gasteiger partial charge < -0.3 is 10.6 Å². The first-order valence-corrected chi connectivity index (χ1v) is 8.85. The van der Waals surface area contributed by atoms with E-state index in [-0.39, 0.29) is 18.1 Å². The van der Waals surface area contributed by atoms with E-state index in [0.29, 0.717) is 6.54 Å². The number of benzene rings is 1. The number of amides is 2. The van der Waals surface area contributed by atoms with E-state index >= 15 is 0 Å². The zero-order valence-electron chi connectivity index (χ0n) is 14.9. The van der Waals surface area contributed by atoms with Crippen LogP contribution in [0.15, 0.2) is 48.5 Å². The summed E-state index contributed by atoms with van der Waals surface area (Å²) in [5.41, 5.74) is 3.25. The number of aryl methyl sites for hydroxylation is 1. The number of aromatic nitrogens is 1. The summed E-state index contributed by atoms with van der Waals surface area (Å²) in [7, 11) is 2.11. The minimum atomic E-state index is -0.103. The Morgan fingerprint density at radius 3 is 2.76 bits per heavy atom. The zero-order valence-corrected chi connectivity index (χ0v) is 14.9. The van der Waals surface area contributed by atoms with Crippen LogP contribution in [0.3, 0.4) is 0 Å². The fourth-order valence-corrected chi connectivity index (χ4v) is 3.50. The van der Waals surface area contributed by atoms with Gasteiger partial charge in [-0.15, -0.1) is 0 Å². The van der Waals surface area contributed by atoms with Crippen molar-refractivity contribution in [3.05, 3.63) is 65.5 Å². The predicted octanol–water partition coefficient (Wildman–Crippen LogP) is 2.68. The van der Waals surface area contributed by atoms with E-state index in [2.05, 4.69) is 39.7 Å². The van der Waals surface area contributed by atoms with Gasteiger partial charge in [0.2, 0.25) is 0 Å². The third-order valence-electron chi connectivity index (χ3n) is 4.72. The molecular formula is C20H26N4O. The molecule has 2 atom stereocenters. The largest absolute Gasteiger partial charge is 0.338 e. The van der Waals surface area contributed by atoms with Gasteiger partial charge in [0.05, 0.1) is 12.1 Å². The number of nitrogens with zero attached hydrogens (tertiary/aromatic N) is 2. The van der Waals surface area contributed by atoms with Gasteiger partial charge in [-0.3, -0.25) is 9.88 Å². The minimum absolute atomic E-state index is 0.103. The summed E-state index contributed by atoms with van der Waals surface area (Å²) in [6.45, 7) is 3.54. The van der Waals surface area contributed by atoms with Crippen molar-refractivity contribution in [2.45, 2.75) is 31.8 Å². The molecule has 2 N–H and O–H groups in total. The van der Waals surface area contributed by atoms with Crippen molar-refractivity contribution < 1.29 is 4.79 Å². The van der Waals surface area contributed by atoms with Crippen molar-refractivity contribution in [3.8, 4) is 0 Å². The molecule has 0 spiro atoms. The van der Waals surface area contributed by atoms with E-state index in [1.807, 2.05) is 43.3 Å². The molecule has 0 saturated carbocycles. The van der Waals surface area contributed by atoms with E-state index in [1.54, 1.807) is 0 Å². The minimum Gasteiger partial charge on any atom is -0.338 e. The lowest BCUT2D eigenvalue weighted by Crippen LogP contribution is -2.45. The lowest BCUT2D eigenvalue weighted by Gasteiger charge is -2.26. The predicted molar refractivity (Wildman–Crippen MR) is 99.4 cm³/mol. The Morgan fingerprint density at radius 1 is 1.20 bits per heavy atom. The molecule has 3 rings (SSSR count). The van der Waals surface area contributed by atoms with Crippen LogP contribution >= 0.6 is 0 Å². The van der Waals surface area contributed by atoms with Gasteiger partial charge >= 0.3 is 6.03 Å². The van der Waals surface area contributed by atoms with Gasteiger partial charge in [0, 0.05) is 30.9 Å². The van der Waals surface area contributed by atoms with Crippen LogP contribution in [-0.2, 0) is 6.42 Å². The Balaban J connectivity index is 1.51. The Kier molecular flexibility index (Phi) is 5.66. The Bertz CT molecular complexity index is 704. The number of carbonyl (C=O) groups is 1. The molecule has 132 valence electrons. The summed E-state index contributed by atoms with van der Waals surface area (Å²) in [6.07, 6.45) is 1.70. The normalized spacial score (nSPS) is 20.4. The molecule has 25 heavy (non-hydrogen) atoms. The van der Waals surface area contributed by atoms with Crippen LogP contribution in [0, 0.1) is 6.92 Å². The summed E-state index contributed by atoms with van der Waals surface area (Å²) < 4.78 is 0. The number of rotatable bonds is 5. The Hall–Kier alpha value is -2.40. The van der Waals surface area contributed by atoms with Crippen LogP contribution in [0.1, 0.15) is 29.4 Å². The number of likely N-dealkylation sites (N-methyl/N-ethyl adjacent to an activating group) is 1. The van der Waals surface area contributed by atoms with E-state index in [9.17, 15) is 4.79 Å². The van der Waals surface area contributed by atoms with E-state index in [0.717, 1.165) is 30.8 Å². The summed E-state index contributed by atoms with van der Waals surface area (Å²) >= 11 is 0. The number of carbonyl (C=O) groups excluding carboxylic acids is 1. The van der Waals surface area contributed by atoms with E-state index in [4.69, 9.17) is 0 Å². The fourth-order valence-electron chi connectivity index (χ4n) is 3.50. The quantitative estimate of drug-likeness (QED) is 0.881. The number of hydrogen-bond acceptors (Lipinski definition) is 3. The first-order chi connectivity index (χ1) is 12.1. The van der Waals surface area contributed by atoms with Crippen LogP contribution in [0.25, 0.3) is 0 Å². The van der Waals surface area contributed by atoms with Crippen LogP contribution in [-0.4, -0.2) is 42.1 Å². The maximum Gasteiger partial charge on any atom is 0.315 e. The molecule has 1 saturated heterocycles. The lowest BCUT2D eigenvalue weighted by atomic mass is 10.0. The third-order valence-corrected chi connectivity index (χ3v) is 4.72. The van der Waals surface area contributed by atoms with Gasteiger partial charge in [-0.1, -0.05) is 36.4 Å². The third kappa shape index (κ3) is 4.57. The molecule has 5 heteroatoms. The maximum absolute atomic E-state index is 12.3. The summed E-state index contributed by atoms with van der Waals surface area (Å²) in [5.74, 6) is 0. The molecular weight excluding hydrogens is 312 g/mol. The van der Waals surface area contributed by atoms with Crippen molar-refractivity contribution in [1.82, 2.24) is 20.5 Å². The van der Waals surface area contributed by atoms with Crippen molar-refractivity contribution in [2.75, 3.05) is 20.1 Å². The fraction of sp³-hybridized carbons (Fsp3) is 0.400. The molecule has 2 aromatic rings. The second-order valence-corrected chi connectivity index (χ2v) is 6.65. The summed E-state index contributed by atoms with van der Waals surface area (Å²) in [4.78, 5) is 19.0. The number of nitrogens with one attached hydrogen (secondary N) is 2. The van der Waals surface area contributed by atoms with Crippen molar-refractivity contribution in [2.24, 2.45) is 0 Å². The smallest absolute Gasteiger partial charge is 0.315 e. The Labute approximate surface area is 149 Å². The molecule has 5 nitrogen and oxygen atoms in total. The van der Waals surface area contributed by atoms with Crippen molar-refractivity contribution in [1.29, 1.82) is 0 Å². The van der Waals surface area contributed by atoms with Crippen LogP contribution in [0.5, 0.6) is 0 Å². The van der Waals surface area contributed by atoms with Gasteiger partial charge in [0.1, 0.15) is 0 Å². The summed E-state index contributed by atoms with van der Waals surface area (Å²) in [5, 5.41) is 6.10. The highest BCUT2D eigenvalue weighted by atomic mass is 16.2. The number of pyridine rings is 1. The molecule has 1 fully saturated rings. The van der Waals surface area contributed by atoms with Crippen LogP contribution in [0.4, 0.5) is 4.79 Å². The highest BCUT2D eigenvalue weighted by molar-refractivity contribution is 5.74. The SMILES string of the molecule is Cc1cccc(CCNC(=O)N[C@@H]2CCN(C)[C@@H]2c2ccccc2)n1. The monoisotopic (exact) mass is 338 g/mol. The van der Waals surface area contributed by atoms with Crippen LogP contribution < -0.4 is 10.6 Å². The summed E-state index contributed by atoms with van der Waals surface area (Å²) in [6, 6.07) is 16.6. The van der Waals surface area contributed by atoms with E-state index < -0.39 is 0 Å². The second kappa shape index (κ2) is 8.12. The molecule has 1 aliphatic rings. The standard InChI is InChI=1S/C20H26N4O/c1-15-7-6-10-17(22-15)11-13-21-20(25)23-18-12-14-24(2)19(18)16-8-4-3-5-9-16/h3-10,18-19H,11-14H2,1-2H3,(H2,21,23,25)/t18-,19-/m1/s1. The molecule has 1 aromatic carbocycles. The Morgan fingerprint density at radius 2 is 2.00 bits per heavy atom. The van der Waals surface area contributed by atoms with Gasteiger partial charge in [-0.2, -0.15) is 0 Å². The molecule has 2 heterocycles. The number of likely N-dealkylation sites (tertiary alicyclic amines) is 1. The van der Waals surface area contributed by atoms with Gasteiger partial charge in [0.15, 0.2) is 0 Å². The van der Waals surface area contributed by atoms with E-state index in [1.165, 1.54) is 5.56 Å². The second-order valence-electron chi connectivity index (χ2n) is 6.65. The molecule has 0 radical (unpaired) electrons. The molecule has 0 aliphatic carbocycles. The highest BCUT2D eigenvalue weighted by Crippen LogP contribution is 2.30. The van der Waals surface area contributed by atoms with Crippen molar-refractivity contribution in [3.63, 3.8) is 0 Å². The molecule has 1 aliphatic heterocycles. The number of hydrogen-bond donors (Lipinski definition) is 2. The van der Waals surface area contributed by atoms with Crippen molar-refractivity contribution >= 4 is 6.03 Å². The molecule has 0 unspecified atom stereocenters. The average Bonchev–Trinajstić information content (AvgIpc) is 2.96. The maximum atomic E-state index is 12.3. The van der Waals surface area contributed by atoms with Gasteiger partial charge in [-0.25, -0.2) is 4.79 Å². The lowest BCUT2D eigenvalue weighted by molar-refractivity contribution is 0.230. The molecule has 1 aromatic heterocycles. The van der Waals surface area contributed by atoms with Crippen LogP contribution in [0.2, 0.25) is 0 Å². The first kappa shape index (κ1) is 17.4. The van der Waals surface area contributed by atoms with Gasteiger partial charge in [0.25, 0.3) is 0 Å². The first-order valence-electron chi connectivity index (χ1n) is 8.85.